The first kappa shape index (κ1) is 32.6. The molecule has 2 saturated carbocycles. The number of alkyl halides is 3. The Bertz CT molecular complexity index is 1270. The summed E-state index contributed by atoms with van der Waals surface area (Å²) in [5.41, 5.74) is -1.88. The molecule has 2 amide bonds. The van der Waals surface area contributed by atoms with Gasteiger partial charge in [0.2, 0.25) is 15.9 Å². The predicted molar refractivity (Wildman–Crippen MR) is 152 cm³/mol. The minimum Gasteiger partial charge on any atom is -0.444 e. The number of hydrogen-bond donors (Lipinski definition) is 0. The lowest BCUT2D eigenvalue weighted by atomic mass is 9.86. The van der Waals surface area contributed by atoms with Crippen molar-refractivity contribution in [3.05, 3.63) is 29.8 Å². The Hall–Kier alpha value is -2.34. The van der Waals surface area contributed by atoms with Gasteiger partial charge in [-0.3, -0.25) is 9.69 Å². The van der Waals surface area contributed by atoms with E-state index in [1.165, 1.54) is 9.21 Å². The number of fused-ring (bicyclic) bond motifs is 1. The van der Waals surface area contributed by atoms with Gasteiger partial charge in [0.15, 0.2) is 0 Å². The second-order valence-electron chi connectivity index (χ2n) is 14.3. The molecule has 1 aliphatic heterocycles. The topological polar surface area (TPSA) is 87.2 Å². The van der Waals surface area contributed by atoms with Crippen molar-refractivity contribution in [2.24, 2.45) is 17.3 Å². The van der Waals surface area contributed by atoms with Crippen LogP contribution in [0.25, 0.3) is 0 Å². The summed E-state index contributed by atoms with van der Waals surface area (Å²) in [6, 6.07) is 2.70. The molecule has 8 nitrogen and oxygen atoms in total. The van der Waals surface area contributed by atoms with Crippen LogP contribution >= 0.6 is 0 Å². The van der Waals surface area contributed by atoms with Gasteiger partial charge in [-0.15, -0.1) is 0 Å². The van der Waals surface area contributed by atoms with E-state index < -0.39 is 39.5 Å². The molecule has 12 heteroatoms. The zero-order valence-corrected chi connectivity index (χ0v) is 26.4. The van der Waals surface area contributed by atoms with Gasteiger partial charge < -0.3 is 9.64 Å². The summed E-state index contributed by atoms with van der Waals surface area (Å²) in [5, 5.41) is 0. The van der Waals surface area contributed by atoms with E-state index in [1.54, 1.807) is 27.8 Å². The SMILES string of the molecule is CN(C(=O)OC(C)(C)C)[C@@H](CC(C)(C)C)C(=O)N(C1CC1)[C@H]1CC[C@@H]2CN(S(=O)(=O)c3ccc(C(F)(F)F)cc3)C[C@@H]21. The zero-order chi connectivity index (χ0) is 31.4. The molecular formula is C30H44F3N3O5S. The summed E-state index contributed by atoms with van der Waals surface area (Å²) in [6.45, 7) is 11.8. The molecule has 4 rings (SSSR count). The summed E-state index contributed by atoms with van der Waals surface area (Å²) >= 11 is 0. The zero-order valence-electron chi connectivity index (χ0n) is 25.6. The van der Waals surface area contributed by atoms with Crippen molar-refractivity contribution in [3.63, 3.8) is 0 Å². The van der Waals surface area contributed by atoms with Gasteiger partial charge in [-0.05, 0) is 94.4 Å². The van der Waals surface area contributed by atoms with Crippen LogP contribution in [-0.4, -0.2) is 78.4 Å². The first-order valence-electron chi connectivity index (χ1n) is 14.6. The molecule has 3 aliphatic rings. The maximum Gasteiger partial charge on any atom is 0.416 e. The number of hydrogen-bond acceptors (Lipinski definition) is 5. The summed E-state index contributed by atoms with van der Waals surface area (Å²) < 4.78 is 72.9. The van der Waals surface area contributed by atoms with E-state index in [2.05, 4.69) is 0 Å². The maximum absolute atomic E-state index is 14.4. The van der Waals surface area contributed by atoms with Crippen molar-refractivity contribution in [3.8, 4) is 0 Å². The van der Waals surface area contributed by atoms with Gasteiger partial charge in [0.25, 0.3) is 0 Å². The van der Waals surface area contributed by atoms with Gasteiger partial charge in [0.1, 0.15) is 11.6 Å². The highest BCUT2D eigenvalue weighted by molar-refractivity contribution is 7.89. The van der Waals surface area contributed by atoms with Crippen LogP contribution in [0.4, 0.5) is 18.0 Å². The highest BCUT2D eigenvalue weighted by Gasteiger charge is 2.53. The van der Waals surface area contributed by atoms with Crippen LogP contribution in [0.5, 0.6) is 0 Å². The van der Waals surface area contributed by atoms with E-state index in [9.17, 15) is 31.2 Å². The number of rotatable bonds is 7. The summed E-state index contributed by atoms with van der Waals surface area (Å²) in [6.07, 6.45) is -1.50. The number of amides is 2. The van der Waals surface area contributed by atoms with Crippen molar-refractivity contribution >= 4 is 22.0 Å². The molecule has 0 radical (unpaired) electrons. The van der Waals surface area contributed by atoms with Crippen molar-refractivity contribution in [2.75, 3.05) is 20.1 Å². The van der Waals surface area contributed by atoms with Crippen molar-refractivity contribution in [2.45, 2.75) is 108 Å². The van der Waals surface area contributed by atoms with Crippen LogP contribution in [0.1, 0.15) is 79.2 Å². The number of likely N-dealkylation sites (N-methyl/N-ethyl adjacent to an activating group) is 1. The Kier molecular flexibility index (Phi) is 8.76. The minimum absolute atomic E-state index is 0.0383. The molecule has 0 N–H and O–H groups in total. The smallest absolute Gasteiger partial charge is 0.416 e. The van der Waals surface area contributed by atoms with Gasteiger partial charge in [-0.1, -0.05) is 20.8 Å². The molecule has 3 fully saturated rings. The fourth-order valence-corrected chi connectivity index (χ4v) is 7.81. The summed E-state index contributed by atoms with van der Waals surface area (Å²) in [4.78, 5) is 30.6. The number of sulfonamides is 1. The molecule has 1 aromatic rings. The van der Waals surface area contributed by atoms with Crippen LogP contribution in [0, 0.1) is 17.3 Å². The van der Waals surface area contributed by atoms with E-state index in [-0.39, 0.29) is 53.2 Å². The molecular weight excluding hydrogens is 571 g/mol. The molecule has 1 aromatic carbocycles. The second kappa shape index (κ2) is 11.3. The van der Waals surface area contributed by atoms with E-state index >= 15 is 0 Å². The number of nitrogens with zero attached hydrogens (tertiary/aromatic N) is 3. The lowest BCUT2D eigenvalue weighted by Crippen LogP contribution is -2.56. The quantitative estimate of drug-likeness (QED) is 0.389. The predicted octanol–water partition coefficient (Wildman–Crippen LogP) is 5.77. The first-order valence-corrected chi connectivity index (χ1v) is 16.1. The third-order valence-electron chi connectivity index (χ3n) is 8.40. The van der Waals surface area contributed by atoms with E-state index in [0.29, 0.717) is 6.42 Å². The molecule has 1 heterocycles. The van der Waals surface area contributed by atoms with Gasteiger partial charge in [0, 0.05) is 32.2 Å². The summed E-state index contributed by atoms with van der Waals surface area (Å²) in [7, 11) is -2.41. The molecule has 42 heavy (non-hydrogen) atoms. The third kappa shape index (κ3) is 7.23. The Balaban J connectivity index is 1.56. The Labute approximate surface area is 247 Å². The normalized spacial score (nSPS) is 24.3. The van der Waals surface area contributed by atoms with Crippen molar-refractivity contribution < 1.29 is 35.9 Å². The number of ether oxygens (including phenoxy) is 1. The molecule has 0 unspecified atom stereocenters. The van der Waals surface area contributed by atoms with E-state index in [1.807, 2.05) is 25.7 Å². The fourth-order valence-electron chi connectivity index (χ4n) is 6.27. The number of benzene rings is 1. The Morgan fingerprint density at radius 2 is 1.57 bits per heavy atom. The average Bonchev–Trinajstić information content (AvgIpc) is 3.46. The van der Waals surface area contributed by atoms with Crippen LogP contribution < -0.4 is 0 Å². The molecule has 2 aliphatic carbocycles. The van der Waals surface area contributed by atoms with Crippen LogP contribution in [0.15, 0.2) is 29.2 Å². The van der Waals surface area contributed by atoms with Crippen molar-refractivity contribution in [1.82, 2.24) is 14.1 Å². The highest BCUT2D eigenvalue weighted by Crippen LogP contribution is 2.46. The number of halogens is 3. The average molecular weight is 616 g/mol. The molecule has 0 spiro atoms. The lowest BCUT2D eigenvalue weighted by Gasteiger charge is -2.40. The minimum atomic E-state index is -4.55. The fraction of sp³-hybridized carbons (Fsp3) is 0.733. The van der Waals surface area contributed by atoms with Gasteiger partial charge >= 0.3 is 12.3 Å². The van der Waals surface area contributed by atoms with E-state index in [4.69, 9.17) is 4.74 Å². The van der Waals surface area contributed by atoms with Gasteiger partial charge in [0.05, 0.1) is 10.5 Å². The molecule has 1 saturated heterocycles. The number of carbonyl (C=O) groups excluding carboxylic acids is 2. The molecule has 0 aromatic heterocycles. The molecule has 0 bridgehead atoms. The van der Waals surface area contributed by atoms with Crippen LogP contribution in [0.2, 0.25) is 0 Å². The third-order valence-corrected chi connectivity index (χ3v) is 10.2. The molecule has 4 atom stereocenters. The van der Waals surface area contributed by atoms with Crippen molar-refractivity contribution in [1.29, 1.82) is 0 Å². The first-order chi connectivity index (χ1) is 19.2. The van der Waals surface area contributed by atoms with Crippen LogP contribution in [0.3, 0.4) is 0 Å². The van der Waals surface area contributed by atoms with E-state index in [0.717, 1.165) is 49.9 Å². The lowest BCUT2D eigenvalue weighted by molar-refractivity contribution is -0.141. The highest BCUT2D eigenvalue weighted by atomic mass is 32.2. The second-order valence-corrected chi connectivity index (χ2v) is 16.2. The summed E-state index contributed by atoms with van der Waals surface area (Å²) in [5.74, 6) is -0.200. The van der Waals surface area contributed by atoms with Gasteiger partial charge in [-0.25, -0.2) is 13.2 Å². The Morgan fingerprint density at radius 3 is 2.07 bits per heavy atom. The largest absolute Gasteiger partial charge is 0.444 e. The van der Waals surface area contributed by atoms with Gasteiger partial charge in [-0.2, -0.15) is 17.5 Å². The number of carbonyl (C=O) groups is 2. The molecule has 236 valence electrons. The maximum atomic E-state index is 14.4. The Morgan fingerprint density at radius 1 is 0.976 bits per heavy atom. The van der Waals surface area contributed by atoms with Crippen LogP contribution in [-0.2, 0) is 25.7 Å². The monoisotopic (exact) mass is 615 g/mol. The standard InChI is InChI=1S/C30H44F3N3O5S/c1-28(2,3)16-25(34(7)27(38)41-29(4,5)6)26(37)36(21-11-12-21)24-15-8-19-17-35(18-23(19)24)42(39,40)22-13-9-20(10-14-22)30(31,32)33/h9-10,13-14,19,21,23-25H,8,11-12,15-18H2,1-7H3/t19-,23+,24+,25+/m1/s1.